The van der Waals surface area contributed by atoms with E-state index in [1.807, 2.05) is 30.3 Å². The molecule has 6 aromatic heterocycles. The van der Waals surface area contributed by atoms with Crippen LogP contribution in [0.4, 0.5) is 11.8 Å². The summed E-state index contributed by atoms with van der Waals surface area (Å²) in [7, 11) is 0. The second kappa shape index (κ2) is 9.60. The number of fused-ring (bicyclic) bond motifs is 1. The maximum Gasteiger partial charge on any atom is 0.322 e. The van der Waals surface area contributed by atoms with Gasteiger partial charge in [0.2, 0.25) is 11.7 Å². The van der Waals surface area contributed by atoms with Gasteiger partial charge in [0.15, 0.2) is 6.26 Å². The van der Waals surface area contributed by atoms with Crippen LogP contribution in [-0.4, -0.2) is 50.7 Å². The summed E-state index contributed by atoms with van der Waals surface area (Å²) in [5.74, 6) is 0.486. The fourth-order valence-corrected chi connectivity index (χ4v) is 4.91. The molecule has 15 heteroatoms. The zero-order chi connectivity index (χ0) is 27.9. The first-order chi connectivity index (χ1) is 20.9. The van der Waals surface area contributed by atoms with Crippen molar-refractivity contribution >= 4 is 45.1 Å². The van der Waals surface area contributed by atoms with Gasteiger partial charge in [0.05, 0.1) is 30.5 Å². The third-order valence-corrected chi connectivity index (χ3v) is 6.52. The molecule has 0 unspecified atom stereocenters. The fraction of sp³-hybridized carbons (Fsp3) is 0. The van der Waals surface area contributed by atoms with Crippen LogP contribution >= 0.6 is 0 Å². The van der Waals surface area contributed by atoms with Gasteiger partial charge in [-0.25, -0.2) is 15.0 Å². The molecule has 0 spiro atoms. The van der Waals surface area contributed by atoms with Gasteiger partial charge >= 0.3 is 6.01 Å². The summed E-state index contributed by atoms with van der Waals surface area (Å²) in [4.78, 5) is 18.1. The highest BCUT2D eigenvalue weighted by atomic mass is 16.5. The zero-order valence-corrected chi connectivity index (χ0v) is 21.3. The molecule has 0 atom stereocenters. The standard InChI is InChI=1S/C27H16N12O3/c1-2-4-17-16(3-1)13-33-36-23(17)22-21(19-14-28-7-8-29-19)24(18-5-6-32-34-18)39(27-31-10-12-41-27)38(20-15-42-37-35-20)25(22)26-30-9-11-40-26/h1-15H,(H,32,34). The minimum atomic E-state index is 0.171. The van der Waals surface area contributed by atoms with E-state index >= 15 is 0 Å². The molecule has 15 nitrogen and oxygen atoms in total. The van der Waals surface area contributed by atoms with E-state index in [0.717, 1.165) is 10.8 Å². The van der Waals surface area contributed by atoms with E-state index in [4.69, 9.17) is 18.3 Å². The van der Waals surface area contributed by atoms with Gasteiger partial charge < -0.3 is 13.4 Å². The van der Waals surface area contributed by atoms with Gasteiger partial charge in [-0.15, -0.1) is 5.10 Å². The first kappa shape index (κ1) is 23.4. The average molecular weight is 557 g/mol. The normalized spacial score (nSPS) is 13.9. The maximum absolute atomic E-state index is 5.95. The Morgan fingerprint density at radius 1 is 0.762 bits per heavy atom. The molecule has 1 aliphatic rings. The van der Waals surface area contributed by atoms with Crippen molar-refractivity contribution in [2.45, 2.75) is 0 Å². The number of oxazole rings is 2. The Hall–Kier alpha value is -6.51. The summed E-state index contributed by atoms with van der Waals surface area (Å²) in [6, 6.07) is 9.77. The molecule has 7 heterocycles. The molecular weight excluding hydrogens is 540 g/mol. The quantitative estimate of drug-likeness (QED) is 0.312. The Labute approximate surface area is 234 Å². The van der Waals surface area contributed by atoms with E-state index in [1.165, 1.54) is 25.0 Å². The highest BCUT2D eigenvalue weighted by Gasteiger charge is 2.44. The minimum absolute atomic E-state index is 0.171. The van der Waals surface area contributed by atoms with E-state index in [-0.39, 0.29) is 17.7 Å². The van der Waals surface area contributed by atoms with E-state index < -0.39 is 0 Å². The number of hydrogen-bond donors (Lipinski definition) is 1. The van der Waals surface area contributed by atoms with Crippen LogP contribution in [-0.2, 0) is 0 Å². The summed E-state index contributed by atoms with van der Waals surface area (Å²) in [5, 5.41) is 29.4. The fourth-order valence-electron chi connectivity index (χ4n) is 4.91. The Balaban J connectivity index is 1.61. The molecule has 42 heavy (non-hydrogen) atoms. The number of rotatable bonds is 6. The molecule has 0 fully saturated rings. The van der Waals surface area contributed by atoms with Crippen LogP contribution in [0.3, 0.4) is 0 Å². The summed E-state index contributed by atoms with van der Waals surface area (Å²) >= 11 is 0. The van der Waals surface area contributed by atoms with Crippen LogP contribution in [0.5, 0.6) is 0 Å². The first-order valence-electron chi connectivity index (χ1n) is 12.5. The van der Waals surface area contributed by atoms with Crippen LogP contribution in [0.25, 0.3) is 33.3 Å². The lowest BCUT2D eigenvalue weighted by molar-refractivity contribution is 0.393. The number of aromatic nitrogens is 10. The molecule has 1 N–H and O–H groups in total. The average Bonchev–Trinajstić information content (AvgIpc) is 3.88. The lowest BCUT2D eigenvalue weighted by Crippen LogP contribution is -2.45. The van der Waals surface area contributed by atoms with Crippen molar-refractivity contribution in [3.8, 4) is 0 Å². The van der Waals surface area contributed by atoms with Gasteiger partial charge in [-0.2, -0.15) is 15.2 Å². The number of hydrazine groups is 1. The Kier molecular flexibility index (Phi) is 5.34. The molecular formula is C27H16N12O3. The topological polar surface area (TPSA) is 178 Å². The minimum Gasteiger partial charge on any atom is -0.443 e. The highest BCUT2D eigenvalue weighted by molar-refractivity contribution is 6.27. The van der Waals surface area contributed by atoms with Crippen LogP contribution in [0.1, 0.15) is 23.0 Å². The molecule has 0 amide bonds. The lowest BCUT2D eigenvalue weighted by Gasteiger charge is -2.40. The molecule has 7 aromatic rings. The van der Waals surface area contributed by atoms with E-state index in [2.05, 4.69) is 45.7 Å². The van der Waals surface area contributed by atoms with Crippen molar-refractivity contribution in [2.24, 2.45) is 0 Å². The Morgan fingerprint density at radius 2 is 1.69 bits per heavy atom. The summed E-state index contributed by atoms with van der Waals surface area (Å²) in [6.07, 6.45) is 15.6. The molecule has 0 saturated carbocycles. The van der Waals surface area contributed by atoms with Gasteiger partial charge in [0, 0.05) is 45.8 Å². The van der Waals surface area contributed by atoms with Crippen LogP contribution in [0, 0.1) is 0 Å². The molecule has 202 valence electrons. The molecule has 8 rings (SSSR count). The highest BCUT2D eigenvalue weighted by Crippen LogP contribution is 2.50. The molecule has 0 aliphatic carbocycles. The van der Waals surface area contributed by atoms with Crippen LogP contribution in [0.2, 0.25) is 0 Å². The van der Waals surface area contributed by atoms with Gasteiger partial charge in [-0.3, -0.25) is 15.1 Å². The third-order valence-electron chi connectivity index (χ3n) is 6.52. The second-order valence-electron chi connectivity index (χ2n) is 8.82. The van der Waals surface area contributed by atoms with Crippen molar-refractivity contribution in [1.82, 2.24) is 50.7 Å². The Bertz CT molecular complexity index is 2030. The number of anilines is 2. The predicted molar refractivity (Wildman–Crippen MR) is 146 cm³/mol. The van der Waals surface area contributed by atoms with E-state index in [9.17, 15) is 0 Å². The van der Waals surface area contributed by atoms with E-state index in [1.54, 1.807) is 47.2 Å². The number of nitrogens with zero attached hydrogens (tertiary/aromatic N) is 11. The van der Waals surface area contributed by atoms with Gasteiger partial charge in [0.1, 0.15) is 35.3 Å². The van der Waals surface area contributed by atoms with Crippen molar-refractivity contribution < 1.29 is 13.4 Å². The van der Waals surface area contributed by atoms with Gasteiger partial charge in [-0.05, 0) is 6.07 Å². The van der Waals surface area contributed by atoms with Crippen molar-refractivity contribution in [2.75, 3.05) is 10.0 Å². The Morgan fingerprint density at radius 3 is 2.45 bits per heavy atom. The largest absolute Gasteiger partial charge is 0.443 e. The number of hydrogen-bond acceptors (Lipinski definition) is 14. The van der Waals surface area contributed by atoms with Crippen LogP contribution in [0.15, 0.2) is 106 Å². The number of H-pyrrole nitrogens is 1. The summed E-state index contributed by atoms with van der Waals surface area (Å²) < 4.78 is 17.0. The first-order valence-corrected chi connectivity index (χ1v) is 12.5. The molecule has 1 aromatic carbocycles. The zero-order valence-electron chi connectivity index (χ0n) is 21.3. The van der Waals surface area contributed by atoms with Crippen molar-refractivity contribution in [3.05, 3.63) is 115 Å². The summed E-state index contributed by atoms with van der Waals surface area (Å²) in [5.41, 5.74) is 3.56. The summed E-state index contributed by atoms with van der Waals surface area (Å²) in [6.45, 7) is 0. The van der Waals surface area contributed by atoms with Crippen LogP contribution < -0.4 is 10.0 Å². The van der Waals surface area contributed by atoms with Crippen molar-refractivity contribution in [3.63, 3.8) is 0 Å². The lowest BCUT2D eigenvalue weighted by atomic mass is 9.90. The molecule has 0 saturated heterocycles. The number of nitrogens with one attached hydrogen (secondary N) is 1. The number of benzene rings is 1. The maximum atomic E-state index is 5.95. The predicted octanol–water partition coefficient (Wildman–Crippen LogP) is 3.88. The van der Waals surface area contributed by atoms with Gasteiger partial charge in [0.25, 0.3) is 0 Å². The molecule has 0 radical (unpaired) electrons. The molecule has 1 aliphatic heterocycles. The monoisotopic (exact) mass is 556 g/mol. The number of aromatic amines is 1. The van der Waals surface area contributed by atoms with Crippen molar-refractivity contribution in [1.29, 1.82) is 0 Å². The third kappa shape index (κ3) is 3.64. The number of allylic oxidation sites excluding steroid dienone is 2. The smallest absolute Gasteiger partial charge is 0.322 e. The SMILES string of the molecule is c1ccc2c(C3=C(c4ncco4)N(c4conn4)N(c4ncco4)C(c4cc[nH]n4)=C3c3cnccn3)nncc2c1. The van der Waals surface area contributed by atoms with Gasteiger partial charge in [-0.1, -0.05) is 29.4 Å². The molecule has 0 bridgehead atoms. The second-order valence-corrected chi connectivity index (χ2v) is 8.82. The van der Waals surface area contributed by atoms with E-state index in [0.29, 0.717) is 39.6 Å².